The Bertz CT molecular complexity index is 838. The van der Waals surface area contributed by atoms with Crippen molar-refractivity contribution in [1.29, 1.82) is 0 Å². The Balaban J connectivity index is 0.000000806. The van der Waals surface area contributed by atoms with Crippen LogP contribution >= 0.6 is 0 Å². The molecule has 2 aromatic heterocycles. The summed E-state index contributed by atoms with van der Waals surface area (Å²) in [6.07, 6.45) is 7.80. The number of piperidine rings is 1. The molecule has 0 bridgehead atoms. The van der Waals surface area contributed by atoms with Gasteiger partial charge in [-0.05, 0) is 31.9 Å². The molecule has 1 N–H and O–H groups in total. The number of carboxylic acid groups (broad SMARTS) is 1. The van der Waals surface area contributed by atoms with Gasteiger partial charge in [0.05, 0.1) is 18.4 Å². The van der Waals surface area contributed by atoms with Crippen LogP contribution in [0.25, 0.3) is 0 Å². The summed E-state index contributed by atoms with van der Waals surface area (Å²) in [6, 6.07) is 3.81. The molecule has 2 aromatic rings. The average Bonchev–Trinajstić information content (AvgIpc) is 3.37. The fraction of sp³-hybridized carbons (Fsp3) is 0.571. The van der Waals surface area contributed by atoms with E-state index in [2.05, 4.69) is 23.1 Å². The molecule has 9 nitrogen and oxygen atoms in total. The van der Waals surface area contributed by atoms with E-state index < -0.39 is 0 Å². The topological polar surface area (TPSA) is 92.8 Å². The van der Waals surface area contributed by atoms with E-state index in [1.165, 1.54) is 5.56 Å². The molecule has 2 aliphatic rings. The maximum absolute atomic E-state index is 12.7. The van der Waals surface area contributed by atoms with Crippen LogP contribution in [0.4, 0.5) is 0 Å². The second-order valence-corrected chi connectivity index (χ2v) is 7.85. The minimum Gasteiger partial charge on any atom is -0.483 e. The maximum Gasteiger partial charge on any atom is 0.290 e. The molecule has 0 aromatic carbocycles. The molecule has 0 unspecified atom stereocenters. The second-order valence-electron chi connectivity index (χ2n) is 7.85. The van der Waals surface area contributed by atoms with Crippen molar-refractivity contribution in [2.45, 2.75) is 38.5 Å². The van der Waals surface area contributed by atoms with E-state index in [4.69, 9.17) is 14.6 Å². The number of aromatic nitrogens is 3. The first-order valence-corrected chi connectivity index (χ1v) is 10.4. The van der Waals surface area contributed by atoms with Gasteiger partial charge in [-0.2, -0.15) is 5.10 Å². The second kappa shape index (κ2) is 9.90. The standard InChI is InChI=1S/C20H29N5O2.CH2O2/c1-3-25-15-17(13-21-25)14-23-11-12-27-20(16-23)6-9-24(10-7-20)19(26)18-5-4-8-22(18)2;2-1-3/h4-5,8,13,15H,3,6-7,9-12,14,16H2,1-2H3;1H,(H,2,3). The van der Waals surface area contributed by atoms with Gasteiger partial charge in [0.1, 0.15) is 5.69 Å². The number of morpholine rings is 1. The largest absolute Gasteiger partial charge is 0.483 e. The Kier molecular flexibility index (Phi) is 7.28. The number of nitrogens with zero attached hydrogens (tertiary/aromatic N) is 5. The number of hydrogen-bond acceptors (Lipinski definition) is 5. The monoisotopic (exact) mass is 417 g/mol. The van der Waals surface area contributed by atoms with Crippen molar-refractivity contribution in [2.24, 2.45) is 7.05 Å². The van der Waals surface area contributed by atoms with Gasteiger partial charge < -0.3 is 19.3 Å². The molecule has 0 aliphatic carbocycles. The van der Waals surface area contributed by atoms with Crippen LogP contribution in [0, 0.1) is 0 Å². The zero-order valence-corrected chi connectivity index (χ0v) is 17.7. The highest BCUT2D eigenvalue weighted by molar-refractivity contribution is 5.92. The summed E-state index contributed by atoms with van der Waals surface area (Å²) in [5.74, 6) is 0.122. The highest BCUT2D eigenvalue weighted by Crippen LogP contribution is 2.31. The molecule has 0 atom stereocenters. The van der Waals surface area contributed by atoms with Crippen LogP contribution in [-0.4, -0.2) is 80.0 Å². The molecule has 4 heterocycles. The van der Waals surface area contributed by atoms with Gasteiger partial charge in [-0.3, -0.25) is 19.2 Å². The van der Waals surface area contributed by atoms with Gasteiger partial charge in [-0.1, -0.05) is 0 Å². The van der Waals surface area contributed by atoms with Crippen LogP contribution in [0.3, 0.4) is 0 Å². The van der Waals surface area contributed by atoms with Crippen molar-refractivity contribution < 1.29 is 19.4 Å². The van der Waals surface area contributed by atoms with E-state index in [1.54, 1.807) is 0 Å². The zero-order chi connectivity index (χ0) is 21.6. The Hall–Kier alpha value is -2.65. The normalized spacial score (nSPS) is 18.7. The Labute approximate surface area is 176 Å². The van der Waals surface area contributed by atoms with Crippen LogP contribution in [0.2, 0.25) is 0 Å². The molecule has 1 amide bonds. The number of hydrogen-bond donors (Lipinski definition) is 1. The lowest BCUT2D eigenvalue weighted by Crippen LogP contribution is -2.57. The fourth-order valence-electron chi connectivity index (χ4n) is 4.24. The number of aryl methyl sites for hydroxylation is 2. The number of likely N-dealkylation sites (tertiary alicyclic amines) is 1. The van der Waals surface area contributed by atoms with Crippen LogP contribution < -0.4 is 0 Å². The van der Waals surface area contributed by atoms with Crippen molar-refractivity contribution in [3.63, 3.8) is 0 Å². The Morgan fingerprint density at radius 2 is 2.07 bits per heavy atom. The first kappa shape index (κ1) is 22.0. The molecule has 2 fully saturated rings. The van der Waals surface area contributed by atoms with E-state index in [-0.39, 0.29) is 18.0 Å². The average molecular weight is 418 g/mol. The molecule has 0 saturated carbocycles. The third-order valence-corrected chi connectivity index (χ3v) is 5.87. The summed E-state index contributed by atoms with van der Waals surface area (Å²) in [7, 11) is 1.92. The molecule has 0 radical (unpaired) electrons. The molecule has 1 spiro atoms. The lowest BCUT2D eigenvalue weighted by molar-refractivity contribution is -0.134. The van der Waals surface area contributed by atoms with Crippen LogP contribution in [0.15, 0.2) is 30.7 Å². The molecular formula is C21H31N5O4. The molecular weight excluding hydrogens is 386 g/mol. The van der Waals surface area contributed by atoms with E-state index in [9.17, 15) is 4.79 Å². The highest BCUT2D eigenvalue weighted by atomic mass is 16.5. The van der Waals surface area contributed by atoms with Crippen molar-refractivity contribution in [3.05, 3.63) is 42.0 Å². The fourth-order valence-corrected chi connectivity index (χ4v) is 4.24. The molecule has 4 rings (SSSR count). The Morgan fingerprint density at radius 1 is 1.33 bits per heavy atom. The van der Waals surface area contributed by atoms with Crippen LogP contribution in [0.5, 0.6) is 0 Å². The summed E-state index contributed by atoms with van der Waals surface area (Å²) in [6.45, 7) is 7.81. The first-order chi connectivity index (χ1) is 14.5. The van der Waals surface area contributed by atoms with Crippen LogP contribution in [-0.2, 0) is 29.7 Å². The molecule has 2 saturated heterocycles. The number of ether oxygens (including phenoxy) is 1. The predicted molar refractivity (Wildman–Crippen MR) is 111 cm³/mol. The number of rotatable bonds is 4. The smallest absolute Gasteiger partial charge is 0.290 e. The van der Waals surface area contributed by atoms with Crippen molar-refractivity contribution in [2.75, 3.05) is 32.8 Å². The quantitative estimate of drug-likeness (QED) is 0.757. The van der Waals surface area contributed by atoms with Gasteiger partial charge >= 0.3 is 0 Å². The van der Waals surface area contributed by atoms with Crippen LogP contribution in [0.1, 0.15) is 35.8 Å². The lowest BCUT2D eigenvalue weighted by Gasteiger charge is -2.47. The van der Waals surface area contributed by atoms with E-state index >= 15 is 0 Å². The van der Waals surface area contributed by atoms with E-state index in [0.29, 0.717) is 0 Å². The molecule has 30 heavy (non-hydrogen) atoms. The maximum atomic E-state index is 12.7. The van der Waals surface area contributed by atoms with Crippen molar-refractivity contribution in [1.82, 2.24) is 24.1 Å². The Morgan fingerprint density at radius 3 is 2.67 bits per heavy atom. The first-order valence-electron chi connectivity index (χ1n) is 10.4. The summed E-state index contributed by atoms with van der Waals surface area (Å²) >= 11 is 0. The summed E-state index contributed by atoms with van der Waals surface area (Å²) in [5, 5.41) is 11.3. The number of amides is 1. The summed E-state index contributed by atoms with van der Waals surface area (Å²) in [5.41, 5.74) is 1.89. The molecule has 9 heteroatoms. The molecule has 2 aliphatic heterocycles. The zero-order valence-electron chi connectivity index (χ0n) is 17.7. The highest BCUT2D eigenvalue weighted by Gasteiger charge is 2.40. The van der Waals surface area contributed by atoms with Crippen molar-refractivity contribution in [3.8, 4) is 0 Å². The van der Waals surface area contributed by atoms with Gasteiger partial charge in [0, 0.05) is 64.3 Å². The lowest BCUT2D eigenvalue weighted by atomic mass is 9.89. The summed E-state index contributed by atoms with van der Waals surface area (Å²) in [4.78, 5) is 25.5. The van der Waals surface area contributed by atoms with Gasteiger partial charge in [0.15, 0.2) is 0 Å². The summed E-state index contributed by atoms with van der Waals surface area (Å²) < 4.78 is 10.1. The predicted octanol–water partition coefficient (Wildman–Crippen LogP) is 1.45. The van der Waals surface area contributed by atoms with Crippen molar-refractivity contribution >= 4 is 12.4 Å². The van der Waals surface area contributed by atoms with Gasteiger partial charge in [-0.25, -0.2) is 0 Å². The number of carbonyl (C=O) groups is 2. The van der Waals surface area contributed by atoms with Gasteiger partial charge in [0.25, 0.3) is 12.4 Å². The van der Waals surface area contributed by atoms with E-state index in [0.717, 1.165) is 64.4 Å². The molecule has 164 valence electrons. The minimum absolute atomic E-state index is 0.121. The minimum atomic E-state index is -0.250. The van der Waals surface area contributed by atoms with E-state index in [1.807, 2.05) is 45.7 Å². The van der Waals surface area contributed by atoms with Gasteiger partial charge in [0.2, 0.25) is 0 Å². The third-order valence-electron chi connectivity index (χ3n) is 5.87. The van der Waals surface area contributed by atoms with Gasteiger partial charge in [-0.15, -0.1) is 0 Å². The third kappa shape index (κ3) is 5.09. The number of carbonyl (C=O) groups excluding carboxylic acids is 1. The SMILES string of the molecule is CCn1cc(CN2CCOC3(CCN(C(=O)c4cccn4C)CC3)C2)cn1.O=CO.